The molecule has 0 spiro atoms. The number of halogens is 1. The van der Waals surface area contributed by atoms with E-state index < -0.39 is 0 Å². The van der Waals surface area contributed by atoms with E-state index in [9.17, 15) is 4.79 Å². The number of methoxy groups -OCH3 is 1. The number of nitrogens with one attached hydrogen (secondary N) is 2. The lowest BCUT2D eigenvalue weighted by atomic mass is 9.84. The van der Waals surface area contributed by atoms with Gasteiger partial charge in [0.05, 0.1) is 18.6 Å². The van der Waals surface area contributed by atoms with Gasteiger partial charge < -0.3 is 20.3 Å². The van der Waals surface area contributed by atoms with E-state index in [4.69, 9.17) is 4.74 Å². The molecule has 1 amide bonds. The quantitative estimate of drug-likeness (QED) is 0.355. The van der Waals surface area contributed by atoms with E-state index in [1.165, 1.54) is 5.56 Å². The molecule has 1 unspecified atom stereocenters. The summed E-state index contributed by atoms with van der Waals surface area (Å²) in [6.45, 7) is 4.75. The number of amides is 1. The second-order valence-corrected chi connectivity index (χ2v) is 7.72. The molecule has 2 N–H and O–H groups in total. The Morgan fingerprint density at radius 3 is 2.50 bits per heavy atom. The summed E-state index contributed by atoms with van der Waals surface area (Å²) in [5.74, 6) is 1.76. The first-order valence-electron chi connectivity index (χ1n) is 9.66. The fourth-order valence-electron chi connectivity index (χ4n) is 3.91. The zero-order valence-corrected chi connectivity index (χ0v) is 20.3. The summed E-state index contributed by atoms with van der Waals surface area (Å²) in [5, 5.41) is 6.82. The summed E-state index contributed by atoms with van der Waals surface area (Å²) in [4.78, 5) is 18.8. The Morgan fingerprint density at radius 2 is 1.96 bits per heavy atom. The SMILES string of the molecule is CN=C(NCC1(C(=O)N(C)C)CCCC1)NC(C)c1cc(C)ccc1OC.I. The molecule has 1 aromatic rings. The van der Waals surface area contributed by atoms with E-state index >= 15 is 0 Å². The van der Waals surface area contributed by atoms with Crippen LogP contribution in [0.3, 0.4) is 0 Å². The zero-order chi connectivity index (χ0) is 20.0. The number of hydrogen-bond acceptors (Lipinski definition) is 3. The van der Waals surface area contributed by atoms with E-state index in [2.05, 4.69) is 35.5 Å². The van der Waals surface area contributed by atoms with Crippen LogP contribution in [-0.4, -0.2) is 51.6 Å². The van der Waals surface area contributed by atoms with Gasteiger partial charge in [0.1, 0.15) is 5.75 Å². The topological polar surface area (TPSA) is 66.0 Å². The van der Waals surface area contributed by atoms with Gasteiger partial charge in [-0.05, 0) is 32.8 Å². The third-order valence-electron chi connectivity index (χ3n) is 5.44. The Kier molecular flexibility index (Phi) is 9.53. The van der Waals surface area contributed by atoms with Gasteiger partial charge in [0.2, 0.25) is 5.91 Å². The van der Waals surface area contributed by atoms with Crippen molar-refractivity contribution in [2.24, 2.45) is 10.4 Å². The Bertz CT molecular complexity index is 685. The summed E-state index contributed by atoms with van der Waals surface area (Å²) >= 11 is 0. The average molecular weight is 502 g/mol. The van der Waals surface area contributed by atoms with Crippen LogP contribution in [0.25, 0.3) is 0 Å². The van der Waals surface area contributed by atoms with Gasteiger partial charge in [0.15, 0.2) is 5.96 Å². The summed E-state index contributed by atoms with van der Waals surface area (Å²) < 4.78 is 5.50. The average Bonchev–Trinajstić information content (AvgIpc) is 3.14. The highest BCUT2D eigenvalue weighted by Crippen LogP contribution is 2.39. The molecule has 0 aliphatic heterocycles. The molecular weight excluding hydrogens is 467 g/mol. The highest BCUT2D eigenvalue weighted by Gasteiger charge is 2.42. The van der Waals surface area contributed by atoms with Gasteiger partial charge in [-0.25, -0.2) is 0 Å². The molecule has 1 aromatic carbocycles. The number of carbonyl (C=O) groups is 1. The van der Waals surface area contributed by atoms with Crippen LogP contribution in [0.4, 0.5) is 0 Å². The van der Waals surface area contributed by atoms with Gasteiger partial charge in [-0.1, -0.05) is 30.5 Å². The molecule has 0 saturated heterocycles. The largest absolute Gasteiger partial charge is 0.496 e. The molecule has 1 saturated carbocycles. The Morgan fingerprint density at radius 1 is 1.32 bits per heavy atom. The first-order chi connectivity index (χ1) is 12.8. The number of ether oxygens (including phenoxy) is 1. The fourth-order valence-corrected chi connectivity index (χ4v) is 3.91. The van der Waals surface area contributed by atoms with Gasteiger partial charge in [-0.2, -0.15) is 0 Å². The standard InChI is InChI=1S/C21H34N4O2.HI/c1-15-9-10-18(27-6)17(13-15)16(2)24-20(22-3)23-14-21(11-7-8-12-21)19(26)25(4)5;/h9-10,13,16H,7-8,11-12,14H2,1-6H3,(H2,22,23,24);1H. The van der Waals surface area contributed by atoms with Gasteiger partial charge in [-0.15, -0.1) is 24.0 Å². The predicted octanol–water partition coefficient (Wildman–Crippen LogP) is 3.50. The highest BCUT2D eigenvalue weighted by molar-refractivity contribution is 14.0. The third-order valence-corrected chi connectivity index (χ3v) is 5.44. The van der Waals surface area contributed by atoms with E-state index in [-0.39, 0.29) is 41.3 Å². The summed E-state index contributed by atoms with van der Waals surface area (Å²) in [6.07, 6.45) is 4.05. The van der Waals surface area contributed by atoms with Crippen molar-refractivity contribution in [2.75, 3.05) is 34.8 Å². The number of aliphatic imine (C=N–C) groups is 1. The number of benzene rings is 1. The second-order valence-electron chi connectivity index (χ2n) is 7.72. The molecule has 158 valence electrons. The van der Waals surface area contributed by atoms with E-state index in [1.807, 2.05) is 26.2 Å². The minimum atomic E-state index is -0.328. The van der Waals surface area contributed by atoms with Crippen molar-refractivity contribution in [1.82, 2.24) is 15.5 Å². The Hall–Kier alpha value is -1.51. The summed E-state index contributed by atoms with van der Waals surface area (Å²) in [5.41, 5.74) is 1.94. The molecule has 0 bridgehead atoms. The van der Waals surface area contributed by atoms with Gasteiger partial charge in [0, 0.05) is 33.3 Å². The van der Waals surface area contributed by atoms with E-state index in [1.54, 1.807) is 19.1 Å². The molecule has 7 heteroatoms. The van der Waals surface area contributed by atoms with Crippen LogP contribution in [0.15, 0.2) is 23.2 Å². The molecular formula is C21H35IN4O2. The number of rotatable bonds is 6. The lowest BCUT2D eigenvalue weighted by Crippen LogP contribution is -2.49. The molecule has 1 fully saturated rings. The van der Waals surface area contributed by atoms with Crippen molar-refractivity contribution < 1.29 is 9.53 Å². The van der Waals surface area contributed by atoms with Crippen molar-refractivity contribution in [1.29, 1.82) is 0 Å². The maximum Gasteiger partial charge on any atom is 0.230 e. The number of hydrogen-bond donors (Lipinski definition) is 2. The normalized spacial score (nSPS) is 16.7. The fraction of sp³-hybridized carbons (Fsp3) is 0.619. The van der Waals surface area contributed by atoms with Crippen molar-refractivity contribution in [3.8, 4) is 5.75 Å². The van der Waals surface area contributed by atoms with Crippen LogP contribution in [0.1, 0.15) is 49.8 Å². The molecule has 0 aromatic heterocycles. The van der Waals surface area contributed by atoms with E-state index in [0.29, 0.717) is 12.5 Å². The van der Waals surface area contributed by atoms with Gasteiger partial charge >= 0.3 is 0 Å². The molecule has 28 heavy (non-hydrogen) atoms. The number of guanidine groups is 1. The minimum absolute atomic E-state index is 0. The Labute approximate surface area is 186 Å². The number of carbonyl (C=O) groups excluding carboxylic acids is 1. The molecule has 2 rings (SSSR count). The molecule has 0 radical (unpaired) electrons. The van der Waals surface area contributed by atoms with E-state index in [0.717, 1.165) is 37.0 Å². The molecule has 6 nitrogen and oxygen atoms in total. The van der Waals surface area contributed by atoms with Crippen LogP contribution in [0, 0.1) is 12.3 Å². The minimum Gasteiger partial charge on any atom is -0.496 e. The second kappa shape index (κ2) is 10.9. The maximum atomic E-state index is 12.7. The maximum absolute atomic E-state index is 12.7. The van der Waals surface area contributed by atoms with Crippen LogP contribution < -0.4 is 15.4 Å². The van der Waals surface area contributed by atoms with Crippen LogP contribution in [-0.2, 0) is 4.79 Å². The van der Waals surface area contributed by atoms with Crippen molar-refractivity contribution in [2.45, 2.75) is 45.6 Å². The molecule has 1 aliphatic carbocycles. The van der Waals surface area contributed by atoms with Crippen molar-refractivity contribution in [3.63, 3.8) is 0 Å². The first-order valence-corrected chi connectivity index (χ1v) is 9.66. The number of aryl methyl sites for hydroxylation is 1. The summed E-state index contributed by atoms with van der Waals surface area (Å²) in [6, 6.07) is 6.18. The van der Waals surface area contributed by atoms with Gasteiger partial charge in [0.25, 0.3) is 0 Å². The smallest absolute Gasteiger partial charge is 0.230 e. The van der Waals surface area contributed by atoms with Crippen molar-refractivity contribution >= 4 is 35.8 Å². The van der Waals surface area contributed by atoms with Crippen molar-refractivity contribution in [3.05, 3.63) is 29.3 Å². The zero-order valence-electron chi connectivity index (χ0n) is 18.0. The predicted molar refractivity (Wildman–Crippen MR) is 126 cm³/mol. The highest BCUT2D eigenvalue weighted by atomic mass is 127. The number of nitrogens with zero attached hydrogens (tertiary/aromatic N) is 2. The third kappa shape index (κ3) is 5.75. The molecule has 0 heterocycles. The summed E-state index contributed by atoms with van der Waals surface area (Å²) in [7, 11) is 7.11. The Balaban J connectivity index is 0.00000392. The van der Waals surface area contributed by atoms with Crippen LogP contribution >= 0.6 is 24.0 Å². The molecule has 1 atom stereocenters. The first kappa shape index (κ1) is 24.5. The lowest BCUT2D eigenvalue weighted by molar-refractivity contribution is -0.138. The lowest BCUT2D eigenvalue weighted by Gasteiger charge is -2.32. The monoisotopic (exact) mass is 502 g/mol. The molecule has 1 aliphatic rings. The van der Waals surface area contributed by atoms with Gasteiger partial charge in [-0.3, -0.25) is 9.79 Å². The van der Waals surface area contributed by atoms with Crippen LogP contribution in [0.2, 0.25) is 0 Å². The van der Waals surface area contributed by atoms with Crippen LogP contribution in [0.5, 0.6) is 5.75 Å².